The van der Waals surface area contributed by atoms with E-state index in [1.54, 1.807) is 25.4 Å². The Labute approximate surface area is 140 Å². The van der Waals surface area contributed by atoms with Crippen LogP contribution in [0.4, 0.5) is 0 Å². The monoisotopic (exact) mass is 340 g/mol. The number of halogens is 2. The van der Waals surface area contributed by atoms with E-state index in [1.807, 2.05) is 6.07 Å². The van der Waals surface area contributed by atoms with Gasteiger partial charge in [-0.1, -0.05) is 43.1 Å². The second-order valence-corrected chi connectivity index (χ2v) is 5.87. The third kappa shape index (κ3) is 3.46. The van der Waals surface area contributed by atoms with Crippen LogP contribution >= 0.6 is 23.2 Å². The molecule has 0 atom stereocenters. The van der Waals surface area contributed by atoms with Gasteiger partial charge in [0.15, 0.2) is 5.75 Å². The van der Waals surface area contributed by atoms with Crippen molar-refractivity contribution in [2.24, 2.45) is 5.73 Å². The van der Waals surface area contributed by atoms with Gasteiger partial charge in [0.05, 0.1) is 23.4 Å². The molecule has 1 aromatic carbocycles. The number of aromatic nitrogens is 1. The Balaban J connectivity index is 2.41. The lowest BCUT2D eigenvalue weighted by atomic mass is 10.1. The first kappa shape index (κ1) is 16.9. The zero-order valence-corrected chi connectivity index (χ0v) is 14.2. The largest absolute Gasteiger partial charge is 0.481 e. The number of pyridine rings is 1. The number of rotatable bonds is 5. The van der Waals surface area contributed by atoms with Crippen LogP contribution < -0.4 is 15.2 Å². The topological polar surface area (TPSA) is 57.4 Å². The van der Waals surface area contributed by atoms with Gasteiger partial charge in [0.2, 0.25) is 5.88 Å². The Morgan fingerprint density at radius 1 is 1.27 bits per heavy atom. The minimum atomic E-state index is 0.243. The van der Waals surface area contributed by atoms with E-state index in [4.69, 9.17) is 38.4 Å². The molecule has 0 aliphatic rings. The maximum atomic E-state index is 6.29. The van der Waals surface area contributed by atoms with Crippen LogP contribution in [0.25, 0.3) is 0 Å². The quantitative estimate of drug-likeness (QED) is 0.851. The van der Waals surface area contributed by atoms with Crippen molar-refractivity contribution in [3.8, 4) is 17.4 Å². The third-order valence-corrected chi connectivity index (χ3v) is 3.95. The summed E-state index contributed by atoms with van der Waals surface area (Å²) in [6, 6.07) is 5.37. The van der Waals surface area contributed by atoms with E-state index in [2.05, 4.69) is 18.8 Å². The van der Waals surface area contributed by atoms with E-state index in [0.29, 0.717) is 34.0 Å². The molecule has 2 aromatic rings. The van der Waals surface area contributed by atoms with Gasteiger partial charge in [-0.3, -0.25) is 0 Å². The van der Waals surface area contributed by atoms with E-state index in [9.17, 15) is 0 Å². The highest BCUT2D eigenvalue weighted by atomic mass is 35.5. The minimum Gasteiger partial charge on any atom is -0.481 e. The first-order chi connectivity index (χ1) is 10.5. The highest BCUT2D eigenvalue weighted by Crippen LogP contribution is 2.39. The molecule has 1 heterocycles. The van der Waals surface area contributed by atoms with Gasteiger partial charge in [0.25, 0.3) is 0 Å². The van der Waals surface area contributed by atoms with Gasteiger partial charge in [-0.15, -0.1) is 0 Å². The molecule has 4 nitrogen and oxygen atoms in total. The average molecular weight is 341 g/mol. The smallest absolute Gasteiger partial charge is 0.216 e. The Morgan fingerprint density at radius 2 is 2.00 bits per heavy atom. The Kier molecular flexibility index (Phi) is 5.51. The average Bonchev–Trinajstić information content (AvgIpc) is 2.51. The second kappa shape index (κ2) is 7.18. The lowest BCUT2D eigenvalue weighted by molar-refractivity contribution is 0.387. The summed E-state index contributed by atoms with van der Waals surface area (Å²) >= 11 is 12.5. The number of nitrogens with two attached hydrogens (primary N) is 1. The molecule has 2 N–H and O–H groups in total. The number of benzene rings is 1. The number of hydrogen-bond donors (Lipinski definition) is 1. The SMILES string of the molecule is COc1ncc(Oc2c(Cl)ccc(CN)c2Cl)cc1C(C)C. The minimum absolute atomic E-state index is 0.243. The number of methoxy groups -OCH3 is 1. The molecule has 118 valence electrons. The van der Waals surface area contributed by atoms with E-state index in [0.717, 1.165) is 11.1 Å². The van der Waals surface area contributed by atoms with Crippen molar-refractivity contribution in [2.75, 3.05) is 7.11 Å². The fraction of sp³-hybridized carbons (Fsp3) is 0.312. The highest BCUT2D eigenvalue weighted by Gasteiger charge is 2.15. The second-order valence-electron chi connectivity index (χ2n) is 5.08. The molecule has 1 aromatic heterocycles. The lowest BCUT2D eigenvalue weighted by Crippen LogP contribution is -2.00. The Hall–Kier alpha value is -1.49. The molecule has 2 rings (SSSR count). The van der Waals surface area contributed by atoms with Crippen LogP contribution in [0.3, 0.4) is 0 Å². The first-order valence-electron chi connectivity index (χ1n) is 6.86. The summed E-state index contributed by atoms with van der Waals surface area (Å²) in [5.74, 6) is 1.75. The van der Waals surface area contributed by atoms with Crippen molar-refractivity contribution in [2.45, 2.75) is 26.3 Å². The van der Waals surface area contributed by atoms with Gasteiger partial charge in [-0.05, 0) is 23.6 Å². The fourth-order valence-corrected chi connectivity index (χ4v) is 2.56. The van der Waals surface area contributed by atoms with Gasteiger partial charge in [-0.2, -0.15) is 0 Å². The highest BCUT2D eigenvalue weighted by molar-refractivity contribution is 6.37. The van der Waals surface area contributed by atoms with Gasteiger partial charge >= 0.3 is 0 Å². The van der Waals surface area contributed by atoms with E-state index < -0.39 is 0 Å². The van der Waals surface area contributed by atoms with Crippen molar-refractivity contribution in [1.82, 2.24) is 4.98 Å². The Morgan fingerprint density at radius 3 is 2.59 bits per heavy atom. The fourth-order valence-electron chi connectivity index (χ4n) is 2.03. The Bertz CT molecular complexity index is 675. The first-order valence-corrected chi connectivity index (χ1v) is 7.62. The van der Waals surface area contributed by atoms with E-state index >= 15 is 0 Å². The van der Waals surface area contributed by atoms with Crippen molar-refractivity contribution in [3.63, 3.8) is 0 Å². The molecule has 0 saturated carbocycles. The molecule has 0 unspecified atom stereocenters. The van der Waals surface area contributed by atoms with Crippen LogP contribution in [0, 0.1) is 0 Å². The summed E-state index contributed by atoms with van der Waals surface area (Å²) in [7, 11) is 1.59. The van der Waals surface area contributed by atoms with Crippen molar-refractivity contribution in [1.29, 1.82) is 0 Å². The van der Waals surface area contributed by atoms with Crippen LogP contribution in [0.2, 0.25) is 10.0 Å². The van der Waals surface area contributed by atoms with Gasteiger partial charge in [0.1, 0.15) is 5.75 Å². The summed E-state index contributed by atoms with van der Waals surface area (Å²) in [6.07, 6.45) is 1.58. The molecule has 6 heteroatoms. The molecule has 0 aliphatic heterocycles. The zero-order valence-electron chi connectivity index (χ0n) is 12.7. The maximum absolute atomic E-state index is 6.29. The van der Waals surface area contributed by atoms with Gasteiger partial charge in [0, 0.05) is 12.1 Å². The summed E-state index contributed by atoms with van der Waals surface area (Å²) in [6.45, 7) is 4.42. The van der Waals surface area contributed by atoms with Crippen LogP contribution in [0.15, 0.2) is 24.4 Å². The molecule has 0 spiro atoms. The number of ether oxygens (including phenoxy) is 2. The van der Waals surface area contributed by atoms with Crippen molar-refractivity contribution >= 4 is 23.2 Å². The number of hydrogen-bond acceptors (Lipinski definition) is 4. The van der Waals surface area contributed by atoms with E-state index in [-0.39, 0.29) is 5.92 Å². The standard InChI is InChI=1S/C16H18Cl2N2O2/c1-9(2)12-6-11(8-20-16(12)21-3)22-15-13(17)5-4-10(7-19)14(15)18/h4-6,8-9H,7,19H2,1-3H3. The third-order valence-electron chi connectivity index (χ3n) is 3.24. The molecule has 0 saturated heterocycles. The molecule has 0 amide bonds. The zero-order chi connectivity index (χ0) is 16.3. The summed E-state index contributed by atoms with van der Waals surface area (Å²) in [5.41, 5.74) is 7.37. The maximum Gasteiger partial charge on any atom is 0.216 e. The summed E-state index contributed by atoms with van der Waals surface area (Å²) in [5, 5.41) is 0.834. The van der Waals surface area contributed by atoms with Crippen LogP contribution in [0.5, 0.6) is 17.4 Å². The summed E-state index contributed by atoms with van der Waals surface area (Å²) in [4.78, 5) is 4.26. The van der Waals surface area contributed by atoms with Crippen LogP contribution in [-0.4, -0.2) is 12.1 Å². The van der Waals surface area contributed by atoms with Crippen LogP contribution in [0.1, 0.15) is 30.9 Å². The molecule has 22 heavy (non-hydrogen) atoms. The predicted molar refractivity (Wildman–Crippen MR) is 89.3 cm³/mol. The molecule has 0 fully saturated rings. The lowest BCUT2D eigenvalue weighted by Gasteiger charge is -2.15. The van der Waals surface area contributed by atoms with E-state index in [1.165, 1.54) is 0 Å². The predicted octanol–water partition coefficient (Wildman–Crippen LogP) is 4.77. The molecule has 0 radical (unpaired) electrons. The number of nitrogens with zero attached hydrogens (tertiary/aromatic N) is 1. The van der Waals surface area contributed by atoms with Crippen molar-refractivity contribution < 1.29 is 9.47 Å². The van der Waals surface area contributed by atoms with Gasteiger partial charge < -0.3 is 15.2 Å². The normalized spacial score (nSPS) is 10.9. The molecule has 0 aliphatic carbocycles. The molecular weight excluding hydrogens is 323 g/mol. The van der Waals surface area contributed by atoms with Gasteiger partial charge in [-0.25, -0.2) is 4.98 Å². The summed E-state index contributed by atoms with van der Waals surface area (Å²) < 4.78 is 11.1. The van der Waals surface area contributed by atoms with Crippen LogP contribution in [-0.2, 0) is 6.54 Å². The van der Waals surface area contributed by atoms with Crippen molar-refractivity contribution in [3.05, 3.63) is 45.6 Å². The molecular formula is C16H18Cl2N2O2. The molecule has 0 bridgehead atoms.